The van der Waals surface area contributed by atoms with Crippen LogP contribution in [0.3, 0.4) is 0 Å². The number of benzene rings is 1. The maximum absolute atomic E-state index is 13.0. The number of nitrogens with one attached hydrogen (secondary N) is 2. The molecule has 1 fully saturated rings. The first-order valence-corrected chi connectivity index (χ1v) is 10.7. The summed E-state index contributed by atoms with van der Waals surface area (Å²) in [5.74, 6) is 0.177. The molecule has 2 bridgehead atoms. The molecule has 4 N–H and O–H groups in total. The van der Waals surface area contributed by atoms with Gasteiger partial charge >= 0.3 is 6.09 Å². The molecular weight excluding hydrogens is 400 g/mol. The molecule has 2 heterocycles. The van der Waals surface area contributed by atoms with Crippen molar-refractivity contribution in [2.75, 3.05) is 19.7 Å². The summed E-state index contributed by atoms with van der Waals surface area (Å²) in [4.78, 5) is 39.2. The van der Waals surface area contributed by atoms with Crippen molar-refractivity contribution < 1.29 is 23.9 Å². The number of fused-ring (bicyclic) bond motifs is 3. The number of ether oxygens (including phenoxy) is 2. The molecule has 0 unspecified atom stereocenters. The van der Waals surface area contributed by atoms with Crippen LogP contribution in [0.25, 0.3) is 0 Å². The minimum Gasteiger partial charge on any atom is -0.491 e. The molecule has 3 amide bonds. The molecule has 3 rings (SSSR count). The van der Waals surface area contributed by atoms with E-state index in [1.165, 1.54) is 0 Å². The standard InChI is InChI=1S/C22H32N4O5/c1-22(2,3)31-21(29)25-15-11-16-13-30-17-7-4-6-14(10-17)19(27)24-9-5-8-18(23)20(28)26(16)12-15/h4,6-7,10,15-16,18H,5,8-9,11-13,23H2,1-3H3,(H,24,27)(H,25,29)/t15-,16-,18-/m0/s1. The third kappa shape index (κ3) is 6.33. The van der Waals surface area contributed by atoms with Gasteiger partial charge in [-0.1, -0.05) is 6.07 Å². The van der Waals surface area contributed by atoms with Gasteiger partial charge in [-0.05, 0) is 58.2 Å². The first kappa shape index (κ1) is 22.9. The third-order valence-electron chi connectivity index (χ3n) is 5.25. The van der Waals surface area contributed by atoms with E-state index in [4.69, 9.17) is 15.2 Å². The van der Waals surface area contributed by atoms with Gasteiger partial charge in [-0.25, -0.2) is 4.79 Å². The lowest BCUT2D eigenvalue weighted by Gasteiger charge is -2.27. The molecule has 0 saturated carbocycles. The SMILES string of the molecule is CC(C)(C)OC(=O)N[C@H]1C[C@H]2COc3cccc(c3)C(=O)NCCC[C@H](N)C(=O)N2C1. The highest BCUT2D eigenvalue weighted by Gasteiger charge is 2.38. The van der Waals surface area contributed by atoms with Gasteiger partial charge in [0.15, 0.2) is 0 Å². The van der Waals surface area contributed by atoms with E-state index in [1.54, 1.807) is 49.9 Å². The fourth-order valence-electron chi connectivity index (χ4n) is 3.81. The highest BCUT2D eigenvalue weighted by molar-refractivity contribution is 5.94. The van der Waals surface area contributed by atoms with E-state index < -0.39 is 17.7 Å². The Morgan fingerprint density at radius 3 is 2.84 bits per heavy atom. The zero-order chi connectivity index (χ0) is 22.6. The number of rotatable bonds is 1. The van der Waals surface area contributed by atoms with Crippen molar-refractivity contribution in [3.63, 3.8) is 0 Å². The lowest BCUT2D eigenvalue weighted by Crippen LogP contribution is -2.48. The topological polar surface area (TPSA) is 123 Å². The summed E-state index contributed by atoms with van der Waals surface area (Å²) in [6.45, 7) is 6.40. The number of amides is 3. The summed E-state index contributed by atoms with van der Waals surface area (Å²) in [5.41, 5.74) is 6.06. The predicted molar refractivity (Wildman–Crippen MR) is 115 cm³/mol. The maximum Gasteiger partial charge on any atom is 0.407 e. The monoisotopic (exact) mass is 432 g/mol. The van der Waals surface area contributed by atoms with Crippen LogP contribution in [0.2, 0.25) is 0 Å². The largest absolute Gasteiger partial charge is 0.491 e. The van der Waals surface area contributed by atoms with Crippen molar-refractivity contribution in [1.29, 1.82) is 0 Å². The number of hydrogen-bond acceptors (Lipinski definition) is 6. The number of carbonyl (C=O) groups is 3. The summed E-state index contributed by atoms with van der Waals surface area (Å²) < 4.78 is 11.3. The highest BCUT2D eigenvalue weighted by Crippen LogP contribution is 2.23. The molecule has 31 heavy (non-hydrogen) atoms. The Kier molecular flexibility index (Phi) is 7.04. The molecule has 0 spiro atoms. The van der Waals surface area contributed by atoms with Crippen LogP contribution in [-0.2, 0) is 9.53 Å². The van der Waals surface area contributed by atoms with Gasteiger partial charge in [-0.2, -0.15) is 0 Å². The Balaban J connectivity index is 1.75. The Bertz CT molecular complexity index is 822. The number of nitrogens with two attached hydrogens (primary N) is 1. The van der Waals surface area contributed by atoms with E-state index in [9.17, 15) is 14.4 Å². The lowest BCUT2D eigenvalue weighted by atomic mass is 10.1. The van der Waals surface area contributed by atoms with Crippen LogP contribution in [0.5, 0.6) is 5.75 Å². The average molecular weight is 433 g/mol. The quantitative estimate of drug-likeness (QED) is 0.617. The smallest absolute Gasteiger partial charge is 0.407 e. The number of hydrogen-bond donors (Lipinski definition) is 3. The van der Waals surface area contributed by atoms with E-state index in [-0.39, 0.29) is 30.5 Å². The van der Waals surface area contributed by atoms with Gasteiger partial charge < -0.3 is 30.7 Å². The minimum absolute atomic E-state index is 0.181. The van der Waals surface area contributed by atoms with Crippen LogP contribution < -0.4 is 21.1 Å². The van der Waals surface area contributed by atoms with Crippen LogP contribution in [0, 0.1) is 0 Å². The van der Waals surface area contributed by atoms with Crippen molar-refractivity contribution in [3.8, 4) is 5.75 Å². The van der Waals surface area contributed by atoms with Crippen LogP contribution in [0.15, 0.2) is 24.3 Å². The van der Waals surface area contributed by atoms with E-state index in [0.29, 0.717) is 43.7 Å². The average Bonchev–Trinajstić information content (AvgIpc) is 3.09. The van der Waals surface area contributed by atoms with Gasteiger partial charge in [0.2, 0.25) is 5.91 Å². The van der Waals surface area contributed by atoms with Crippen LogP contribution in [-0.4, -0.2) is 66.2 Å². The molecule has 0 radical (unpaired) electrons. The normalized spacial score (nSPS) is 25.0. The fraction of sp³-hybridized carbons (Fsp3) is 0.591. The lowest BCUT2D eigenvalue weighted by molar-refractivity contribution is -0.134. The Morgan fingerprint density at radius 2 is 2.10 bits per heavy atom. The minimum atomic E-state index is -0.680. The molecule has 2 aliphatic heterocycles. The van der Waals surface area contributed by atoms with Gasteiger partial charge in [-0.15, -0.1) is 0 Å². The predicted octanol–water partition coefficient (Wildman–Crippen LogP) is 1.41. The molecule has 170 valence electrons. The second kappa shape index (κ2) is 9.55. The number of carbonyl (C=O) groups excluding carboxylic acids is 3. The summed E-state index contributed by atoms with van der Waals surface area (Å²) in [7, 11) is 0. The molecule has 0 aliphatic carbocycles. The number of alkyl carbamates (subject to hydrolysis) is 1. The molecule has 2 aliphatic rings. The zero-order valence-corrected chi connectivity index (χ0v) is 18.3. The van der Waals surface area contributed by atoms with Crippen LogP contribution >= 0.6 is 0 Å². The van der Waals surface area contributed by atoms with E-state index in [0.717, 1.165) is 0 Å². The van der Waals surface area contributed by atoms with Gasteiger partial charge in [0.1, 0.15) is 18.0 Å². The van der Waals surface area contributed by atoms with Gasteiger partial charge in [0.25, 0.3) is 5.91 Å². The first-order chi connectivity index (χ1) is 14.6. The van der Waals surface area contributed by atoms with Crippen molar-refractivity contribution in [2.24, 2.45) is 5.73 Å². The van der Waals surface area contributed by atoms with Gasteiger partial charge in [-0.3, -0.25) is 9.59 Å². The molecule has 9 heteroatoms. The maximum atomic E-state index is 13.0. The molecule has 9 nitrogen and oxygen atoms in total. The van der Waals surface area contributed by atoms with Gasteiger partial charge in [0.05, 0.1) is 18.1 Å². The molecule has 1 aromatic carbocycles. The highest BCUT2D eigenvalue weighted by atomic mass is 16.6. The van der Waals surface area contributed by atoms with Crippen LogP contribution in [0.1, 0.15) is 50.4 Å². The fourth-order valence-corrected chi connectivity index (χ4v) is 3.81. The molecule has 1 aromatic rings. The first-order valence-electron chi connectivity index (χ1n) is 10.7. The second-order valence-corrected chi connectivity index (χ2v) is 9.07. The third-order valence-corrected chi connectivity index (χ3v) is 5.25. The molecule has 1 saturated heterocycles. The molecule has 0 aromatic heterocycles. The Hall–Kier alpha value is -2.81. The van der Waals surface area contributed by atoms with Crippen molar-refractivity contribution >= 4 is 17.9 Å². The van der Waals surface area contributed by atoms with Crippen molar-refractivity contribution in [3.05, 3.63) is 29.8 Å². The summed E-state index contributed by atoms with van der Waals surface area (Å²) in [6.07, 6.45) is 1.05. The van der Waals surface area contributed by atoms with Crippen molar-refractivity contribution in [2.45, 2.75) is 63.8 Å². The number of nitrogens with zero attached hydrogens (tertiary/aromatic N) is 1. The van der Waals surface area contributed by atoms with Crippen LogP contribution in [0.4, 0.5) is 4.79 Å². The van der Waals surface area contributed by atoms with E-state index >= 15 is 0 Å². The summed E-state index contributed by atoms with van der Waals surface area (Å²) in [5, 5.41) is 5.69. The summed E-state index contributed by atoms with van der Waals surface area (Å²) in [6, 6.07) is 5.75. The molecule has 3 atom stereocenters. The zero-order valence-electron chi connectivity index (χ0n) is 18.3. The van der Waals surface area contributed by atoms with Gasteiger partial charge in [0, 0.05) is 18.7 Å². The summed E-state index contributed by atoms with van der Waals surface area (Å²) >= 11 is 0. The Morgan fingerprint density at radius 1 is 1.32 bits per heavy atom. The van der Waals surface area contributed by atoms with E-state index in [2.05, 4.69) is 10.6 Å². The molecular formula is C22H32N4O5. The van der Waals surface area contributed by atoms with Crippen molar-refractivity contribution in [1.82, 2.24) is 15.5 Å². The second-order valence-electron chi connectivity index (χ2n) is 9.07. The van der Waals surface area contributed by atoms with E-state index in [1.807, 2.05) is 0 Å². The Labute approximate surface area is 182 Å².